The average molecular weight is 377 g/mol. The quantitative estimate of drug-likeness (QED) is 0.488. The van der Waals surface area contributed by atoms with E-state index in [0.29, 0.717) is 18.0 Å². The molecule has 3 aliphatic rings. The number of aliphatic hydroxyl groups is 1. The molecule has 0 aliphatic carbocycles. The van der Waals surface area contributed by atoms with Crippen LogP contribution >= 0.6 is 11.8 Å². The lowest BCUT2D eigenvalue weighted by atomic mass is 9.83. The Hall–Kier alpha value is -1.14. The molecule has 1 amide bonds. The van der Waals surface area contributed by atoms with E-state index in [1.54, 1.807) is 0 Å². The zero-order valence-electron chi connectivity index (χ0n) is 13.2. The number of β-lactam (4-membered cyclic amide) rings is 1. The first-order valence-corrected chi connectivity index (χ1v) is 9.81. The number of fused-ring (bicyclic) bond motifs is 1. The van der Waals surface area contributed by atoms with Crippen LogP contribution in [0.1, 0.15) is 6.92 Å². The largest absolute Gasteiger partial charge is 0.477 e. The minimum Gasteiger partial charge on any atom is -0.477 e. The van der Waals surface area contributed by atoms with Crippen LogP contribution in [0.15, 0.2) is 10.6 Å². The first-order chi connectivity index (χ1) is 11.2. The SMILES string of the molecule is CNS(=O)(=O)N1CC(SC2=C(C(=O)O)N3C(=O)[C@H](CO)[C@H]3[C@H]2C)C1. The summed E-state index contributed by atoms with van der Waals surface area (Å²) in [6, 6.07) is -0.326. The Morgan fingerprint density at radius 3 is 2.54 bits per heavy atom. The fourth-order valence-corrected chi connectivity index (χ4v) is 6.15. The Kier molecular flexibility index (Phi) is 4.41. The van der Waals surface area contributed by atoms with Crippen LogP contribution in [0.2, 0.25) is 0 Å². The molecule has 24 heavy (non-hydrogen) atoms. The summed E-state index contributed by atoms with van der Waals surface area (Å²) in [6.07, 6.45) is 0. The van der Waals surface area contributed by atoms with Crippen LogP contribution in [0.5, 0.6) is 0 Å². The van der Waals surface area contributed by atoms with Crippen molar-refractivity contribution in [3.63, 3.8) is 0 Å². The van der Waals surface area contributed by atoms with Crippen LogP contribution in [0, 0.1) is 11.8 Å². The van der Waals surface area contributed by atoms with Gasteiger partial charge in [0.2, 0.25) is 5.91 Å². The highest BCUT2D eigenvalue weighted by atomic mass is 32.2. The molecule has 0 saturated carbocycles. The second kappa shape index (κ2) is 5.99. The summed E-state index contributed by atoms with van der Waals surface area (Å²) in [6.45, 7) is 2.12. The number of carboxylic acid groups (broad SMARTS) is 1. The smallest absolute Gasteiger partial charge is 0.353 e. The predicted octanol–water partition coefficient (Wildman–Crippen LogP) is -1.37. The number of carbonyl (C=O) groups excluding carboxylic acids is 1. The second-order valence-electron chi connectivity index (χ2n) is 6.06. The molecular formula is C13H19N3O6S2. The van der Waals surface area contributed by atoms with Gasteiger partial charge in [-0.15, -0.1) is 11.8 Å². The van der Waals surface area contributed by atoms with Crippen molar-refractivity contribution < 1.29 is 28.2 Å². The van der Waals surface area contributed by atoms with E-state index in [2.05, 4.69) is 4.72 Å². The lowest BCUT2D eigenvalue weighted by Crippen LogP contribution is -2.61. The highest BCUT2D eigenvalue weighted by Gasteiger charge is 2.58. The van der Waals surface area contributed by atoms with Gasteiger partial charge in [0.15, 0.2) is 0 Å². The average Bonchev–Trinajstić information content (AvgIpc) is 2.72. The van der Waals surface area contributed by atoms with Crippen molar-refractivity contribution in [2.45, 2.75) is 18.2 Å². The lowest BCUT2D eigenvalue weighted by Gasteiger charge is -2.44. The van der Waals surface area contributed by atoms with E-state index in [9.17, 15) is 28.2 Å². The first kappa shape index (κ1) is 17.7. The van der Waals surface area contributed by atoms with Crippen LogP contribution in [-0.2, 0) is 19.8 Å². The predicted molar refractivity (Wildman–Crippen MR) is 86.0 cm³/mol. The number of amides is 1. The molecular weight excluding hydrogens is 358 g/mol. The van der Waals surface area contributed by atoms with Gasteiger partial charge < -0.3 is 15.1 Å². The van der Waals surface area contributed by atoms with E-state index in [1.807, 2.05) is 6.92 Å². The number of carboxylic acids is 1. The molecule has 2 fully saturated rings. The van der Waals surface area contributed by atoms with Gasteiger partial charge >= 0.3 is 5.97 Å². The first-order valence-electron chi connectivity index (χ1n) is 7.49. The van der Waals surface area contributed by atoms with Crippen molar-refractivity contribution in [3.05, 3.63) is 10.6 Å². The maximum absolute atomic E-state index is 12.0. The van der Waals surface area contributed by atoms with E-state index in [-0.39, 0.29) is 35.4 Å². The molecule has 0 aromatic rings. The number of hydrogen-bond donors (Lipinski definition) is 3. The molecule has 0 spiro atoms. The van der Waals surface area contributed by atoms with E-state index in [4.69, 9.17) is 0 Å². The zero-order valence-corrected chi connectivity index (χ0v) is 14.8. The van der Waals surface area contributed by atoms with Crippen LogP contribution in [0.3, 0.4) is 0 Å². The summed E-state index contributed by atoms with van der Waals surface area (Å²) >= 11 is 1.32. The van der Waals surface area contributed by atoms with Gasteiger partial charge in [0.1, 0.15) is 5.70 Å². The molecule has 134 valence electrons. The van der Waals surface area contributed by atoms with Crippen LogP contribution in [0.25, 0.3) is 0 Å². The molecule has 0 aromatic carbocycles. The van der Waals surface area contributed by atoms with E-state index < -0.39 is 22.1 Å². The molecule has 11 heteroatoms. The van der Waals surface area contributed by atoms with Gasteiger partial charge in [0, 0.05) is 36.2 Å². The van der Waals surface area contributed by atoms with Gasteiger partial charge in [-0.25, -0.2) is 9.52 Å². The highest BCUT2D eigenvalue weighted by molar-refractivity contribution is 8.04. The van der Waals surface area contributed by atoms with Crippen LogP contribution in [-0.4, -0.2) is 77.7 Å². The van der Waals surface area contributed by atoms with Gasteiger partial charge in [-0.05, 0) is 0 Å². The Morgan fingerprint density at radius 1 is 1.42 bits per heavy atom. The lowest BCUT2D eigenvalue weighted by molar-refractivity contribution is -0.158. The number of nitrogens with zero attached hydrogens (tertiary/aromatic N) is 2. The van der Waals surface area contributed by atoms with E-state index in [0.717, 1.165) is 0 Å². The highest BCUT2D eigenvalue weighted by Crippen LogP contribution is 2.51. The van der Waals surface area contributed by atoms with Gasteiger partial charge in [-0.2, -0.15) is 12.7 Å². The van der Waals surface area contributed by atoms with Gasteiger partial charge in [-0.1, -0.05) is 6.92 Å². The molecule has 9 nitrogen and oxygen atoms in total. The maximum Gasteiger partial charge on any atom is 0.353 e. The monoisotopic (exact) mass is 377 g/mol. The second-order valence-corrected chi connectivity index (χ2v) is 9.28. The van der Waals surface area contributed by atoms with Crippen molar-refractivity contribution in [1.82, 2.24) is 13.9 Å². The Balaban J connectivity index is 1.76. The number of aliphatic carboxylic acids is 1. The summed E-state index contributed by atoms with van der Waals surface area (Å²) in [5.74, 6) is -2.29. The fourth-order valence-electron chi connectivity index (χ4n) is 3.43. The van der Waals surface area contributed by atoms with Gasteiger partial charge in [0.25, 0.3) is 10.2 Å². The number of carbonyl (C=O) groups is 2. The number of aliphatic hydroxyl groups excluding tert-OH is 1. The van der Waals surface area contributed by atoms with Crippen molar-refractivity contribution in [2.75, 3.05) is 26.7 Å². The summed E-state index contributed by atoms with van der Waals surface area (Å²) in [4.78, 5) is 25.5. The Morgan fingerprint density at radius 2 is 2.04 bits per heavy atom. The van der Waals surface area contributed by atoms with Crippen molar-refractivity contribution in [3.8, 4) is 0 Å². The molecule has 3 rings (SSSR count). The topological polar surface area (TPSA) is 127 Å². The van der Waals surface area contributed by atoms with Crippen LogP contribution in [0.4, 0.5) is 0 Å². The zero-order chi connectivity index (χ0) is 17.8. The third kappa shape index (κ3) is 2.46. The summed E-state index contributed by atoms with van der Waals surface area (Å²) < 4.78 is 26.8. The van der Waals surface area contributed by atoms with Gasteiger partial charge in [-0.3, -0.25) is 4.79 Å². The molecule has 3 aliphatic heterocycles. The van der Waals surface area contributed by atoms with Crippen molar-refractivity contribution in [1.29, 1.82) is 0 Å². The van der Waals surface area contributed by atoms with Crippen molar-refractivity contribution in [2.24, 2.45) is 11.8 Å². The minimum absolute atomic E-state index is 0.0258. The molecule has 3 atom stereocenters. The molecule has 0 radical (unpaired) electrons. The Labute approximate surface area is 143 Å². The summed E-state index contributed by atoms with van der Waals surface area (Å²) in [7, 11) is -2.12. The van der Waals surface area contributed by atoms with E-state index >= 15 is 0 Å². The molecule has 0 aromatic heterocycles. The molecule has 2 saturated heterocycles. The minimum atomic E-state index is -3.46. The molecule has 3 N–H and O–H groups in total. The maximum atomic E-state index is 12.0. The standard InChI is InChI=1S/C13H19N3O6S2/c1-6-9-8(5-17)12(18)16(9)10(13(19)20)11(6)23-7-3-15(4-7)24(21,22)14-2/h6-9,14,17H,3-5H2,1-2H3,(H,19,20)/t6-,8-,9-/m1/s1. The number of hydrogen-bond acceptors (Lipinski definition) is 6. The summed E-state index contributed by atoms with van der Waals surface area (Å²) in [5, 5.41) is 18.7. The fraction of sp³-hybridized carbons (Fsp3) is 0.692. The molecule has 0 bridgehead atoms. The van der Waals surface area contributed by atoms with E-state index in [1.165, 1.54) is 28.0 Å². The normalized spacial score (nSPS) is 31.0. The van der Waals surface area contributed by atoms with Crippen LogP contribution < -0.4 is 4.72 Å². The molecule has 3 heterocycles. The summed E-state index contributed by atoms with van der Waals surface area (Å²) in [5.41, 5.74) is -0.0258. The third-order valence-corrected chi connectivity index (χ3v) is 7.71. The van der Waals surface area contributed by atoms with Crippen molar-refractivity contribution >= 4 is 33.8 Å². The number of thioether (sulfide) groups is 1. The number of rotatable bonds is 6. The molecule has 0 unspecified atom stereocenters. The van der Waals surface area contributed by atoms with Gasteiger partial charge in [0.05, 0.1) is 18.6 Å². The Bertz CT molecular complexity index is 715. The third-order valence-electron chi connectivity index (χ3n) is 4.77. The number of nitrogens with one attached hydrogen (secondary N) is 1.